The number of amides is 1. The molecule has 0 unspecified atom stereocenters. The molecule has 2 aromatic heterocycles. The molecule has 0 radical (unpaired) electrons. The molecule has 0 aliphatic rings. The number of hydrogen-bond donors (Lipinski definition) is 2. The van der Waals surface area contributed by atoms with E-state index in [1.165, 1.54) is 4.57 Å². The largest absolute Gasteiger partial charge is 0.364 e. The van der Waals surface area contributed by atoms with Crippen LogP contribution in [-0.2, 0) is 17.9 Å². The Bertz CT molecular complexity index is 1260. The number of nitrogens with one attached hydrogen (secondary N) is 2. The van der Waals surface area contributed by atoms with Crippen LogP contribution < -0.4 is 16.3 Å². The molecular weight excluding hydrogens is 396 g/mol. The molecule has 0 atom stereocenters. The van der Waals surface area contributed by atoms with Gasteiger partial charge in [0.25, 0.3) is 0 Å². The van der Waals surface area contributed by atoms with Gasteiger partial charge in [-0.3, -0.25) is 9.36 Å². The van der Waals surface area contributed by atoms with Gasteiger partial charge in [-0.1, -0.05) is 35.9 Å². The van der Waals surface area contributed by atoms with Crippen LogP contribution in [0.15, 0.2) is 64.8 Å². The van der Waals surface area contributed by atoms with Crippen LogP contribution in [-0.4, -0.2) is 15.5 Å². The zero-order chi connectivity index (χ0) is 21.1. The Morgan fingerprint density at radius 3 is 2.70 bits per heavy atom. The molecule has 0 saturated carbocycles. The Labute approximate surface area is 178 Å². The van der Waals surface area contributed by atoms with Crippen LogP contribution in [0.3, 0.4) is 0 Å². The lowest BCUT2D eigenvalue weighted by molar-refractivity contribution is -0.116. The smallest absolute Gasteiger partial charge is 0.350 e. The summed E-state index contributed by atoms with van der Waals surface area (Å²) >= 11 is 1.64. The number of carbonyl (C=O) groups excluding carboxylic acids is 1. The summed E-state index contributed by atoms with van der Waals surface area (Å²) in [5.74, 6) is 0.255. The molecule has 30 heavy (non-hydrogen) atoms. The second kappa shape index (κ2) is 8.51. The van der Waals surface area contributed by atoms with E-state index in [0.29, 0.717) is 17.9 Å². The Morgan fingerprint density at radius 2 is 1.93 bits per heavy atom. The number of para-hydroxylation sites is 1. The summed E-state index contributed by atoms with van der Waals surface area (Å²) in [6.45, 7) is 4.43. The number of aryl methyl sites for hydroxylation is 2. The van der Waals surface area contributed by atoms with Crippen molar-refractivity contribution < 1.29 is 4.79 Å². The number of thiophene rings is 1. The van der Waals surface area contributed by atoms with E-state index in [4.69, 9.17) is 0 Å². The Balaban J connectivity index is 1.61. The van der Waals surface area contributed by atoms with E-state index in [9.17, 15) is 9.59 Å². The maximum Gasteiger partial charge on any atom is 0.350 e. The molecule has 0 fully saturated rings. The van der Waals surface area contributed by atoms with Crippen molar-refractivity contribution >= 4 is 39.7 Å². The van der Waals surface area contributed by atoms with Crippen LogP contribution in [0.4, 0.5) is 11.5 Å². The number of rotatable bonds is 6. The molecule has 152 valence electrons. The van der Waals surface area contributed by atoms with E-state index in [2.05, 4.69) is 15.6 Å². The molecule has 4 aromatic rings. The molecular formula is C23H22N4O2S. The molecule has 0 aliphatic heterocycles. The number of anilines is 2. The second-order valence-electron chi connectivity index (χ2n) is 7.15. The lowest BCUT2D eigenvalue weighted by atomic mass is 10.1. The van der Waals surface area contributed by atoms with E-state index >= 15 is 0 Å². The number of nitrogens with zero attached hydrogens (tertiary/aromatic N) is 2. The van der Waals surface area contributed by atoms with Gasteiger partial charge in [-0.05, 0) is 49.1 Å². The third kappa shape index (κ3) is 4.26. The summed E-state index contributed by atoms with van der Waals surface area (Å²) in [5, 5.41) is 8.95. The number of aromatic nitrogens is 2. The van der Waals surface area contributed by atoms with Crippen LogP contribution in [0, 0.1) is 13.8 Å². The van der Waals surface area contributed by atoms with Gasteiger partial charge in [0.1, 0.15) is 12.4 Å². The molecule has 2 N–H and O–H groups in total. The SMILES string of the molecule is Cc1ccc(NC(=O)Cn2c(=O)nc(NCc3cccs3)c3ccccc32)c(C)c1. The van der Waals surface area contributed by atoms with Gasteiger partial charge in [0.2, 0.25) is 5.91 Å². The van der Waals surface area contributed by atoms with E-state index in [1.807, 2.05) is 73.8 Å². The third-order valence-corrected chi connectivity index (χ3v) is 5.73. The maximum absolute atomic E-state index is 12.7. The van der Waals surface area contributed by atoms with Gasteiger partial charge in [0.05, 0.1) is 12.1 Å². The molecule has 4 rings (SSSR count). The monoisotopic (exact) mass is 418 g/mol. The highest BCUT2D eigenvalue weighted by atomic mass is 32.1. The molecule has 0 aliphatic carbocycles. The minimum Gasteiger partial charge on any atom is -0.364 e. The average Bonchev–Trinajstić information content (AvgIpc) is 3.24. The highest BCUT2D eigenvalue weighted by Crippen LogP contribution is 2.21. The van der Waals surface area contributed by atoms with Crippen molar-refractivity contribution in [2.24, 2.45) is 0 Å². The minimum absolute atomic E-state index is 0.106. The Kier molecular flexibility index (Phi) is 5.63. The number of benzene rings is 2. The van der Waals surface area contributed by atoms with Crippen molar-refractivity contribution in [3.05, 3.63) is 86.5 Å². The fourth-order valence-corrected chi connectivity index (χ4v) is 4.03. The molecule has 0 spiro atoms. The fourth-order valence-electron chi connectivity index (χ4n) is 3.39. The Morgan fingerprint density at radius 1 is 1.10 bits per heavy atom. The first kappa shape index (κ1) is 19.8. The zero-order valence-corrected chi connectivity index (χ0v) is 17.6. The minimum atomic E-state index is -0.460. The molecule has 2 aromatic carbocycles. The van der Waals surface area contributed by atoms with Gasteiger partial charge in [0.15, 0.2) is 0 Å². The first-order valence-electron chi connectivity index (χ1n) is 9.64. The normalized spacial score (nSPS) is 10.9. The zero-order valence-electron chi connectivity index (χ0n) is 16.8. The molecule has 0 saturated heterocycles. The van der Waals surface area contributed by atoms with Gasteiger partial charge in [-0.15, -0.1) is 11.3 Å². The third-order valence-electron chi connectivity index (χ3n) is 4.86. The average molecular weight is 419 g/mol. The number of hydrogen-bond acceptors (Lipinski definition) is 5. The quantitative estimate of drug-likeness (QED) is 0.489. The second-order valence-corrected chi connectivity index (χ2v) is 8.18. The topological polar surface area (TPSA) is 76.0 Å². The van der Waals surface area contributed by atoms with Crippen molar-refractivity contribution in [3.8, 4) is 0 Å². The van der Waals surface area contributed by atoms with Gasteiger partial charge < -0.3 is 10.6 Å². The number of carbonyl (C=O) groups is 1. The van der Waals surface area contributed by atoms with Crippen molar-refractivity contribution in [1.29, 1.82) is 0 Å². The van der Waals surface area contributed by atoms with Gasteiger partial charge in [0, 0.05) is 16.0 Å². The maximum atomic E-state index is 12.7. The van der Waals surface area contributed by atoms with Gasteiger partial charge in [-0.2, -0.15) is 4.98 Å². The van der Waals surface area contributed by atoms with Crippen LogP contribution in [0.5, 0.6) is 0 Å². The van der Waals surface area contributed by atoms with Crippen LogP contribution in [0.2, 0.25) is 0 Å². The van der Waals surface area contributed by atoms with Crippen LogP contribution in [0.1, 0.15) is 16.0 Å². The van der Waals surface area contributed by atoms with Crippen molar-refractivity contribution in [2.45, 2.75) is 26.9 Å². The van der Waals surface area contributed by atoms with E-state index < -0.39 is 5.69 Å². The van der Waals surface area contributed by atoms with E-state index in [1.54, 1.807) is 11.3 Å². The molecule has 7 heteroatoms. The summed E-state index contributed by atoms with van der Waals surface area (Å²) in [7, 11) is 0. The van der Waals surface area contributed by atoms with Crippen molar-refractivity contribution in [2.75, 3.05) is 10.6 Å². The lowest BCUT2D eigenvalue weighted by Gasteiger charge is -2.14. The predicted molar refractivity (Wildman–Crippen MR) is 122 cm³/mol. The summed E-state index contributed by atoms with van der Waals surface area (Å²) in [6, 6.07) is 17.3. The van der Waals surface area contributed by atoms with Crippen molar-refractivity contribution in [1.82, 2.24) is 9.55 Å². The first-order chi connectivity index (χ1) is 14.5. The lowest BCUT2D eigenvalue weighted by Crippen LogP contribution is -2.30. The van der Waals surface area contributed by atoms with E-state index in [0.717, 1.165) is 27.1 Å². The predicted octanol–water partition coefficient (Wildman–Crippen LogP) is 4.33. The van der Waals surface area contributed by atoms with Crippen molar-refractivity contribution in [3.63, 3.8) is 0 Å². The highest BCUT2D eigenvalue weighted by Gasteiger charge is 2.14. The standard InChI is InChI=1S/C23H22N4O2S/c1-15-9-10-19(16(2)12-15)25-21(28)14-27-20-8-4-3-7-18(20)22(26-23(27)29)24-13-17-6-5-11-30-17/h3-12H,13-14H2,1-2H3,(H,25,28)(H,24,26,29). The molecule has 0 bridgehead atoms. The summed E-state index contributed by atoms with van der Waals surface area (Å²) in [5.41, 5.74) is 3.06. The Hall–Kier alpha value is -3.45. The van der Waals surface area contributed by atoms with Crippen LogP contribution in [0.25, 0.3) is 10.9 Å². The van der Waals surface area contributed by atoms with Gasteiger partial charge in [-0.25, -0.2) is 4.79 Å². The van der Waals surface area contributed by atoms with Gasteiger partial charge >= 0.3 is 5.69 Å². The molecule has 1 amide bonds. The molecule has 2 heterocycles. The van der Waals surface area contributed by atoms with Crippen LogP contribution >= 0.6 is 11.3 Å². The first-order valence-corrected chi connectivity index (χ1v) is 10.5. The highest BCUT2D eigenvalue weighted by molar-refractivity contribution is 7.09. The fraction of sp³-hybridized carbons (Fsp3) is 0.174. The van der Waals surface area contributed by atoms with E-state index in [-0.39, 0.29) is 12.5 Å². The molecule has 6 nitrogen and oxygen atoms in total. The number of fused-ring (bicyclic) bond motifs is 1. The summed E-state index contributed by atoms with van der Waals surface area (Å²) in [4.78, 5) is 30.8. The summed E-state index contributed by atoms with van der Waals surface area (Å²) in [6.07, 6.45) is 0. The summed E-state index contributed by atoms with van der Waals surface area (Å²) < 4.78 is 1.41.